The van der Waals surface area contributed by atoms with E-state index in [-0.39, 0.29) is 12.2 Å². The zero-order valence-electron chi connectivity index (χ0n) is 19.3. The molecule has 2 aromatic rings. The average Bonchev–Trinajstić information content (AvgIpc) is 3.12. The van der Waals surface area contributed by atoms with Crippen molar-refractivity contribution in [2.24, 2.45) is 0 Å². The molecule has 1 unspecified atom stereocenters. The number of aromatic nitrogens is 3. The van der Waals surface area contributed by atoms with Crippen LogP contribution in [0, 0.1) is 0 Å². The highest BCUT2D eigenvalue weighted by atomic mass is 16.5. The quantitative estimate of drug-likeness (QED) is 0.643. The Labute approximate surface area is 190 Å². The Hall–Kier alpha value is -1.99. The van der Waals surface area contributed by atoms with E-state index in [9.17, 15) is 5.11 Å². The molecule has 3 aliphatic rings. The largest absolute Gasteiger partial charge is 0.474 e. The number of hydrogen-bond acceptors (Lipinski definition) is 7. The first-order valence-corrected chi connectivity index (χ1v) is 12.5. The third kappa shape index (κ3) is 4.69. The zero-order chi connectivity index (χ0) is 22.1. The lowest BCUT2D eigenvalue weighted by atomic mass is 9.83. The molecule has 2 aromatic heterocycles. The minimum absolute atomic E-state index is 0.134. The number of aliphatic hydroxyl groups is 1. The first-order chi connectivity index (χ1) is 15.6. The van der Waals surface area contributed by atoms with Gasteiger partial charge in [0, 0.05) is 36.8 Å². The number of rotatable bonds is 7. The maximum atomic E-state index is 9.97. The topological polar surface area (TPSA) is 89.4 Å². The molecule has 0 aromatic carbocycles. The predicted molar refractivity (Wildman–Crippen MR) is 124 cm³/mol. The van der Waals surface area contributed by atoms with Gasteiger partial charge in [-0.15, -0.1) is 0 Å². The normalized spacial score (nSPS) is 30.9. The lowest BCUT2D eigenvalue weighted by Gasteiger charge is -2.29. The number of nitrogens with one attached hydrogen (secondary N) is 1. The monoisotopic (exact) mass is 440 g/mol. The molecule has 7 heteroatoms. The fourth-order valence-electron chi connectivity index (χ4n) is 5.66. The molecule has 7 nitrogen and oxygen atoms in total. The van der Waals surface area contributed by atoms with Gasteiger partial charge in [0.15, 0.2) is 0 Å². The molecule has 1 aliphatic carbocycles. The van der Waals surface area contributed by atoms with E-state index in [2.05, 4.69) is 24.1 Å². The van der Waals surface area contributed by atoms with E-state index in [0.29, 0.717) is 36.0 Å². The van der Waals surface area contributed by atoms with Gasteiger partial charge in [-0.1, -0.05) is 13.3 Å². The van der Waals surface area contributed by atoms with E-state index in [1.165, 1.54) is 0 Å². The van der Waals surface area contributed by atoms with Gasteiger partial charge in [0.2, 0.25) is 11.8 Å². The van der Waals surface area contributed by atoms with Crippen LogP contribution in [-0.4, -0.2) is 50.5 Å². The Morgan fingerprint density at radius 1 is 1.09 bits per heavy atom. The molecule has 0 spiro atoms. The molecule has 2 bridgehead atoms. The van der Waals surface area contributed by atoms with Crippen molar-refractivity contribution < 1.29 is 14.6 Å². The first-order valence-electron chi connectivity index (χ1n) is 12.5. The van der Waals surface area contributed by atoms with Crippen molar-refractivity contribution in [3.8, 4) is 5.88 Å². The molecule has 2 N–H and O–H groups in total. The van der Waals surface area contributed by atoms with Crippen LogP contribution >= 0.6 is 0 Å². The zero-order valence-corrected chi connectivity index (χ0v) is 19.3. The standard InChI is InChI=1S/C25H36N4O3/c1-3-4-15(2)28-25-27-14-22-23(29-25)21(16-5-7-17(30)8-6-16)13-26-24(22)32-20-11-18-9-10-19(12-20)31-18/h13-20,30H,3-12H2,1-2H3,(H,27,28,29)/t15?,16-,17-,18-,19+,20-. The maximum Gasteiger partial charge on any atom is 0.224 e. The third-order valence-electron chi connectivity index (χ3n) is 7.37. The number of nitrogens with zero attached hydrogens (tertiary/aromatic N) is 3. The highest BCUT2D eigenvalue weighted by Gasteiger charge is 2.36. The smallest absolute Gasteiger partial charge is 0.224 e. The second-order valence-electron chi connectivity index (χ2n) is 9.98. The van der Waals surface area contributed by atoms with E-state index in [1.807, 2.05) is 12.4 Å². The van der Waals surface area contributed by atoms with Crippen LogP contribution in [-0.2, 0) is 4.74 Å². The minimum atomic E-state index is -0.182. The molecule has 2 aliphatic heterocycles. The fourth-order valence-corrected chi connectivity index (χ4v) is 5.66. The molecule has 0 radical (unpaired) electrons. The Morgan fingerprint density at radius 2 is 1.84 bits per heavy atom. The van der Waals surface area contributed by atoms with Crippen LogP contribution in [0.5, 0.6) is 5.88 Å². The molecule has 3 fully saturated rings. The van der Waals surface area contributed by atoms with Gasteiger partial charge in [0.1, 0.15) is 6.10 Å². The van der Waals surface area contributed by atoms with Gasteiger partial charge in [0.05, 0.1) is 29.2 Å². The van der Waals surface area contributed by atoms with Gasteiger partial charge >= 0.3 is 0 Å². The van der Waals surface area contributed by atoms with E-state index in [1.54, 1.807) is 0 Å². The highest BCUT2D eigenvalue weighted by Crippen LogP contribution is 2.39. The molecule has 2 saturated heterocycles. The van der Waals surface area contributed by atoms with Crippen LogP contribution in [0.2, 0.25) is 0 Å². The number of fused-ring (bicyclic) bond motifs is 3. The van der Waals surface area contributed by atoms with Gasteiger partial charge in [-0.05, 0) is 57.8 Å². The van der Waals surface area contributed by atoms with E-state index < -0.39 is 0 Å². The van der Waals surface area contributed by atoms with Crippen molar-refractivity contribution in [1.82, 2.24) is 15.0 Å². The lowest BCUT2D eigenvalue weighted by Crippen LogP contribution is -2.32. The second-order valence-corrected chi connectivity index (χ2v) is 9.98. The molecule has 1 saturated carbocycles. The second kappa shape index (κ2) is 9.48. The van der Waals surface area contributed by atoms with Crippen LogP contribution in [0.3, 0.4) is 0 Å². The Balaban J connectivity index is 1.45. The summed E-state index contributed by atoms with van der Waals surface area (Å²) in [6, 6.07) is 0.320. The third-order valence-corrected chi connectivity index (χ3v) is 7.37. The summed E-state index contributed by atoms with van der Waals surface area (Å²) in [5, 5.41) is 14.3. The minimum Gasteiger partial charge on any atom is -0.474 e. The molecule has 0 amide bonds. The van der Waals surface area contributed by atoms with Crippen molar-refractivity contribution in [2.75, 3.05) is 5.32 Å². The molecular weight excluding hydrogens is 404 g/mol. The van der Waals surface area contributed by atoms with E-state index >= 15 is 0 Å². The van der Waals surface area contributed by atoms with Crippen LogP contribution in [0.4, 0.5) is 5.95 Å². The van der Waals surface area contributed by atoms with E-state index in [4.69, 9.17) is 19.4 Å². The van der Waals surface area contributed by atoms with Gasteiger partial charge in [-0.3, -0.25) is 0 Å². The van der Waals surface area contributed by atoms with Crippen molar-refractivity contribution in [1.29, 1.82) is 0 Å². The summed E-state index contributed by atoms with van der Waals surface area (Å²) in [5.74, 6) is 1.66. The van der Waals surface area contributed by atoms with Crippen molar-refractivity contribution in [3.63, 3.8) is 0 Å². The number of hydrogen-bond donors (Lipinski definition) is 2. The molecular formula is C25H36N4O3. The van der Waals surface area contributed by atoms with Crippen molar-refractivity contribution in [2.45, 2.75) is 114 Å². The predicted octanol–water partition coefficient (Wildman–Crippen LogP) is 4.73. The van der Waals surface area contributed by atoms with Gasteiger partial charge in [-0.25, -0.2) is 15.0 Å². The SMILES string of the molecule is CCCC(C)Nc1ncc2c(O[C@@H]3C[C@H]4CC[C@@H](C3)O4)ncc([C@H]3CC[C@H](O)CC3)c2n1. The van der Waals surface area contributed by atoms with Crippen LogP contribution < -0.4 is 10.1 Å². The summed E-state index contributed by atoms with van der Waals surface area (Å²) in [5.41, 5.74) is 2.09. The molecule has 4 heterocycles. The maximum absolute atomic E-state index is 9.97. The summed E-state index contributed by atoms with van der Waals surface area (Å²) in [4.78, 5) is 14.3. The molecule has 174 valence electrons. The number of aliphatic hydroxyl groups excluding tert-OH is 1. The van der Waals surface area contributed by atoms with Crippen molar-refractivity contribution in [3.05, 3.63) is 18.0 Å². The van der Waals surface area contributed by atoms with Gasteiger partial charge < -0.3 is 19.9 Å². The van der Waals surface area contributed by atoms with Gasteiger partial charge in [-0.2, -0.15) is 0 Å². The summed E-state index contributed by atoms with van der Waals surface area (Å²) in [6.45, 7) is 4.36. The summed E-state index contributed by atoms with van der Waals surface area (Å²) in [6.07, 6.45) is 14.3. The fraction of sp³-hybridized carbons (Fsp3) is 0.720. The van der Waals surface area contributed by atoms with Crippen LogP contribution in [0.1, 0.15) is 89.5 Å². The Kier molecular flexibility index (Phi) is 6.47. The first kappa shape index (κ1) is 21.8. The lowest BCUT2D eigenvalue weighted by molar-refractivity contribution is -0.0445. The molecule has 5 rings (SSSR count). The van der Waals surface area contributed by atoms with Gasteiger partial charge in [0.25, 0.3) is 0 Å². The molecule has 4 atom stereocenters. The Morgan fingerprint density at radius 3 is 2.56 bits per heavy atom. The van der Waals surface area contributed by atoms with Crippen LogP contribution in [0.25, 0.3) is 10.9 Å². The molecule has 32 heavy (non-hydrogen) atoms. The van der Waals surface area contributed by atoms with Crippen LogP contribution in [0.15, 0.2) is 12.4 Å². The highest BCUT2D eigenvalue weighted by molar-refractivity contribution is 5.86. The Bertz CT molecular complexity index is 919. The summed E-state index contributed by atoms with van der Waals surface area (Å²) in [7, 11) is 0. The number of pyridine rings is 1. The number of anilines is 1. The summed E-state index contributed by atoms with van der Waals surface area (Å²) >= 11 is 0. The van der Waals surface area contributed by atoms with E-state index in [0.717, 1.165) is 80.7 Å². The van der Waals surface area contributed by atoms with Crippen molar-refractivity contribution >= 4 is 16.9 Å². The summed E-state index contributed by atoms with van der Waals surface area (Å²) < 4.78 is 12.4. The average molecular weight is 441 g/mol. The number of ether oxygens (including phenoxy) is 2.